The largest absolute Gasteiger partial charge is 0.465 e. The predicted molar refractivity (Wildman–Crippen MR) is 65.9 cm³/mol. The normalized spacial score (nSPS) is 10.4. The average Bonchev–Trinajstić information content (AvgIpc) is 2.35. The lowest BCUT2D eigenvalue weighted by molar-refractivity contribution is -0.137. The van der Waals surface area contributed by atoms with Crippen LogP contribution in [0.25, 0.3) is 16.5 Å². The first kappa shape index (κ1) is 13.5. The van der Waals surface area contributed by atoms with E-state index in [0.29, 0.717) is 11.3 Å². The van der Waals surface area contributed by atoms with Gasteiger partial charge in [0, 0.05) is 10.6 Å². The highest BCUT2D eigenvalue weighted by atomic mass is 16.5. The van der Waals surface area contributed by atoms with Crippen molar-refractivity contribution in [3.05, 3.63) is 45.8 Å². The van der Waals surface area contributed by atoms with Crippen LogP contribution in [0.1, 0.15) is 12.5 Å². The highest BCUT2D eigenvalue weighted by molar-refractivity contribution is 6.19. The molecule has 1 aromatic rings. The van der Waals surface area contributed by atoms with Crippen molar-refractivity contribution in [2.75, 3.05) is 7.11 Å². The minimum atomic E-state index is -0.698. The minimum Gasteiger partial charge on any atom is -0.465 e. The molecule has 0 aromatic heterocycles. The van der Waals surface area contributed by atoms with Crippen molar-refractivity contribution in [1.29, 1.82) is 0 Å². The van der Waals surface area contributed by atoms with Crippen molar-refractivity contribution in [1.82, 2.24) is 0 Å². The molecule has 0 aliphatic rings. The molecule has 1 aromatic carbocycles. The van der Waals surface area contributed by atoms with Crippen LogP contribution in [0.15, 0.2) is 35.0 Å². The van der Waals surface area contributed by atoms with Crippen molar-refractivity contribution in [2.24, 2.45) is 5.11 Å². The Balaban J connectivity index is 3.19. The van der Waals surface area contributed by atoms with Crippen molar-refractivity contribution in [2.45, 2.75) is 6.92 Å². The number of ether oxygens (including phenoxy) is 1. The molecular weight excluding hydrogens is 234 g/mol. The number of carbonyl (C=O) groups excluding carboxylic acids is 2. The van der Waals surface area contributed by atoms with E-state index in [1.807, 2.05) is 0 Å². The molecule has 92 valence electrons. The van der Waals surface area contributed by atoms with E-state index >= 15 is 0 Å². The van der Waals surface area contributed by atoms with Gasteiger partial charge >= 0.3 is 5.97 Å². The Morgan fingerprint density at radius 3 is 2.72 bits per heavy atom. The van der Waals surface area contributed by atoms with Gasteiger partial charge in [0.2, 0.25) is 0 Å². The number of carbonyl (C=O) groups is 2. The molecular formula is C12H11N3O3. The van der Waals surface area contributed by atoms with Gasteiger partial charge in [-0.25, -0.2) is 4.79 Å². The van der Waals surface area contributed by atoms with Crippen LogP contribution in [-0.2, 0) is 14.3 Å². The highest BCUT2D eigenvalue weighted by Gasteiger charge is 2.14. The SMILES string of the molecule is COC(=O)C(=Cc1cccc(N=[N+]=[N-])c1)C(C)=O. The summed E-state index contributed by atoms with van der Waals surface area (Å²) in [5.41, 5.74) is 9.24. The molecule has 0 amide bonds. The van der Waals surface area contributed by atoms with Crippen LogP contribution in [0.4, 0.5) is 5.69 Å². The Labute approximate surface area is 104 Å². The number of methoxy groups -OCH3 is 1. The summed E-state index contributed by atoms with van der Waals surface area (Å²) >= 11 is 0. The molecule has 0 saturated heterocycles. The average molecular weight is 245 g/mol. The van der Waals surface area contributed by atoms with E-state index < -0.39 is 11.8 Å². The van der Waals surface area contributed by atoms with Crippen molar-refractivity contribution in [3.63, 3.8) is 0 Å². The second-order valence-electron chi connectivity index (χ2n) is 3.39. The maximum Gasteiger partial charge on any atom is 0.341 e. The number of rotatable bonds is 4. The summed E-state index contributed by atoms with van der Waals surface area (Å²) in [4.78, 5) is 25.3. The van der Waals surface area contributed by atoms with E-state index in [9.17, 15) is 9.59 Å². The maximum atomic E-state index is 11.4. The Kier molecular flexibility index (Phi) is 4.66. The topological polar surface area (TPSA) is 92.1 Å². The number of esters is 1. The monoisotopic (exact) mass is 245 g/mol. The summed E-state index contributed by atoms with van der Waals surface area (Å²) in [6.45, 7) is 1.28. The highest BCUT2D eigenvalue weighted by Crippen LogP contribution is 2.17. The van der Waals surface area contributed by atoms with E-state index in [1.54, 1.807) is 24.3 Å². The van der Waals surface area contributed by atoms with E-state index in [4.69, 9.17) is 5.53 Å². The number of azide groups is 1. The number of hydrogen-bond acceptors (Lipinski definition) is 4. The van der Waals surface area contributed by atoms with Gasteiger partial charge in [-0.2, -0.15) is 0 Å². The van der Waals surface area contributed by atoms with Crippen LogP contribution in [0, 0.1) is 0 Å². The van der Waals surface area contributed by atoms with Gasteiger partial charge in [-0.1, -0.05) is 23.3 Å². The third kappa shape index (κ3) is 3.47. The van der Waals surface area contributed by atoms with Crippen LogP contribution in [-0.4, -0.2) is 18.9 Å². The predicted octanol–water partition coefficient (Wildman–Crippen LogP) is 2.77. The molecule has 0 aliphatic carbocycles. The zero-order chi connectivity index (χ0) is 13.5. The third-order valence-corrected chi connectivity index (χ3v) is 2.13. The van der Waals surface area contributed by atoms with E-state index in [-0.39, 0.29) is 5.57 Å². The van der Waals surface area contributed by atoms with Crippen LogP contribution in [0.3, 0.4) is 0 Å². The van der Waals surface area contributed by atoms with E-state index in [0.717, 1.165) is 0 Å². The molecule has 18 heavy (non-hydrogen) atoms. The molecule has 6 heteroatoms. The minimum absolute atomic E-state index is 0.0596. The van der Waals surface area contributed by atoms with Gasteiger partial charge in [-0.3, -0.25) is 4.79 Å². The fraction of sp³-hybridized carbons (Fsp3) is 0.167. The first-order chi connectivity index (χ1) is 8.58. The van der Waals surface area contributed by atoms with Crippen molar-refractivity contribution >= 4 is 23.5 Å². The maximum absolute atomic E-state index is 11.4. The van der Waals surface area contributed by atoms with Crippen LogP contribution in [0.5, 0.6) is 0 Å². The molecule has 0 unspecified atom stereocenters. The van der Waals surface area contributed by atoms with Gasteiger partial charge in [0.25, 0.3) is 0 Å². The van der Waals surface area contributed by atoms with Gasteiger partial charge in [0.1, 0.15) is 5.57 Å². The lowest BCUT2D eigenvalue weighted by Gasteiger charge is -2.02. The molecule has 0 fully saturated rings. The standard InChI is InChI=1S/C12H11N3O3/c1-8(16)11(12(17)18-2)7-9-4-3-5-10(6-9)14-15-13/h3-7H,1-2H3. The lowest BCUT2D eigenvalue weighted by atomic mass is 10.1. The molecule has 1 rings (SSSR count). The summed E-state index contributed by atoms with van der Waals surface area (Å²) < 4.78 is 4.51. The zero-order valence-corrected chi connectivity index (χ0v) is 9.95. The number of Topliss-reactive ketones (excluding diaryl/α,β-unsaturated/α-hetero) is 1. The molecule has 6 nitrogen and oxygen atoms in total. The molecule has 0 bridgehead atoms. The fourth-order valence-corrected chi connectivity index (χ4v) is 1.31. The fourth-order valence-electron chi connectivity index (χ4n) is 1.31. The van der Waals surface area contributed by atoms with E-state index in [1.165, 1.54) is 20.1 Å². The summed E-state index contributed by atoms with van der Waals surface area (Å²) in [5, 5.41) is 3.43. The Morgan fingerprint density at radius 1 is 1.44 bits per heavy atom. The third-order valence-electron chi connectivity index (χ3n) is 2.13. The Hall–Kier alpha value is -2.59. The Morgan fingerprint density at radius 2 is 2.17 bits per heavy atom. The zero-order valence-electron chi connectivity index (χ0n) is 9.95. The second-order valence-corrected chi connectivity index (χ2v) is 3.39. The second kappa shape index (κ2) is 6.22. The molecule has 0 heterocycles. The van der Waals surface area contributed by atoms with E-state index in [2.05, 4.69) is 14.8 Å². The molecule has 0 atom stereocenters. The molecule has 0 saturated carbocycles. The lowest BCUT2D eigenvalue weighted by Crippen LogP contribution is -2.11. The summed E-state index contributed by atoms with van der Waals surface area (Å²) in [5.74, 6) is -1.09. The summed E-state index contributed by atoms with van der Waals surface area (Å²) in [7, 11) is 1.20. The van der Waals surface area contributed by atoms with Gasteiger partial charge in [0.05, 0.1) is 7.11 Å². The number of nitrogens with zero attached hydrogens (tertiary/aromatic N) is 3. The molecule has 0 radical (unpaired) electrons. The smallest absolute Gasteiger partial charge is 0.341 e. The first-order valence-electron chi connectivity index (χ1n) is 5.04. The Bertz CT molecular complexity index is 557. The van der Waals surface area contributed by atoms with Crippen LogP contribution >= 0.6 is 0 Å². The van der Waals surface area contributed by atoms with Gasteiger partial charge in [-0.15, -0.1) is 0 Å². The number of hydrogen-bond donors (Lipinski definition) is 0. The first-order valence-corrected chi connectivity index (χ1v) is 5.04. The van der Waals surface area contributed by atoms with Gasteiger partial charge in [0.15, 0.2) is 5.78 Å². The van der Waals surface area contributed by atoms with Crippen LogP contribution < -0.4 is 0 Å². The van der Waals surface area contributed by atoms with Crippen molar-refractivity contribution in [3.8, 4) is 0 Å². The van der Waals surface area contributed by atoms with Crippen LogP contribution in [0.2, 0.25) is 0 Å². The van der Waals surface area contributed by atoms with Gasteiger partial charge < -0.3 is 4.74 Å². The summed E-state index contributed by atoms with van der Waals surface area (Å²) in [6.07, 6.45) is 1.39. The van der Waals surface area contributed by atoms with Gasteiger partial charge in [-0.05, 0) is 30.2 Å². The molecule has 0 spiro atoms. The molecule has 0 aliphatic heterocycles. The quantitative estimate of drug-likeness (QED) is 0.155. The number of ketones is 1. The molecule has 0 N–H and O–H groups in total. The summed E-state index contributed by atoms with van der Waals surface area (Å²) in [6, 6.07) is 6.52. The number of benzene rings is 1. The van der Waals surface area contributed by atoms with Crippen molar-refractivity contribution < 1.29 is 14.3 Å².